The zero-order valence-electron chi connectivity index (χ0n) is 10.0. The minimum absolute atomic E-state index is 0. The summed E-state index contributed by atoms with van der Waals surface area (Å²) in [7, 11) is 0. The number of hydrazone groups is 1. The number of pyridine rings is 1. The molecule has 2 rings (SSSR count). The lowest BCUT2D eigenvalue weighted by Gasteiger charge is -2.05. The fourth-order valence-corrected chi connectivity index (χ4v) is 1.77. The number of nitrogens with zero attached hydrogens (tertiary/aromatic N) is 2. The zero-order chi connectivity index (χ0) is 12.8. The SMILES string of the molecule is NN=C(C(=S)Nc1ccccc1)[n+]1ccccc1.[Cl-]. The Morgan fingerprint density at radius 2 is 1.63 bits per heavy atom. The Labute approximate surface area is 123 Å². The van der Waals surface area contributed by atoms with Gasteiger partial charge in [0.2, 0.25) is 4.99 Å². The standard InChI is InChI=1S/C13H12N4S.ClH/c14-16-12(17-9-5-2-6-10-17)13(18)15-11-7-3-1-4-8-11;/h1-10H,(H2-,14,15,18);1H. The van der Waals surface area contributed by atoms with Crippen LogP contribution in [0.15, 0.2) is 66.0 Å². The van der Waals surface area contributed by atoms with E-state index in [4.69, 9.17) is 18.1 Å². The highest BCUT2D eigenvalue weighted by molar-refractivity contribution is 7.82. The van der Waals surface area contributed by atoms with Gasteiger partial charge in [0, 0.05) is 10.8 Å². The van der Waals surface area contributed by atoms with Crippen molar-refractivity contribution in [2.75, 3.05) is 5.32 Å². The number of para-hydroxylation sites is 1. The summed E-state index contributed by atoms with van der Waals surface area (Å²) in [5.74, 6) is 5.89. The maximum absolute atomic E-state index is 5.40. The van der Waals surface area contributed by atoms with Crippen LogP contribution in [-0.2, 0) is 0 Å². The van der Waals surface area contributed by atoms with Crippen molar-refractivity contribution in [2.45, 2.75) is 0 Å². The molecule has 19 heavy (non-hydrogen) atoms. The van der Waals surface area contributed by atoms with Crippen LogP contribution in [0.2, 0.25) is 0 Å². The van der Waals surface area contributed by atoms with Gasteiger partial charge < -0.3 is 17.7 Å². The van der Waals surface area contributed by atoms with E-state index in [1.165, 1.54) is 0 Å². The molecular weight excluding hydrogens is 280 g/mol. The highest BCUT2D eigenvalue weighted by Crippen LogP contribution is 2.05. The van der Waals surface area contributed by atoms with Gasteiger partial charge in [-0.2, -0.15) is 4.57 Å². The molecule has 0 radical (unpaired) electrons. The van der Waals surface area contributed by atoms with Gasteiger partial charge in [-0.05, 0) is 24.3 Å². The summed E-state index contributed by atoms with van der Waals surface area (Å²) in [5, 5.41) is 6.82. The Bertz CT molecular complexity index is 557. The van der Waals surface area contributed by atoms with E-state index in [0.717, 1.165) is 5.69 Å². The summed E-state index contributed by atoms with van der Waals surface area (Å²) in [6.45, 7) is 0. The molecule has 1 aromatic heterocycles. The van der Waals surface area contributed by atoms with Crippen molar-refractivity contribution >= 4 is 28.7 Å². The summed E-state index contributed by atoms with van der Waals surface area (Å²) < 4.78 is 1.76. The number of hydrogen-bond donors (Lipinski definition) is 2. The third-order valence-electron chi connectivity index (χ3n) is 2.32. The van der Waals surface area contributed by atoms with Gasteiger partial charge in [0.05, 0.1) is 12.4 Å². The van der Waals surface area contributed by atoms with Crippen molar-refractivity contribution in [3.63, 3.8) is 0 Å². The van der Waals surface area contributed by atoms with Gasteiger partial charge in [0.15, 0.2) is 0 Å². The molecule has 3 N–H and O–H groups in total. The molecule has 0 unspecified atom stereocenters. The van der Waals surface area contributed by atoms with E-state index in [1.54, 1.807) is 4.57 Å². The van der Waals surface area contributed by atoms with Crippen molar-refractivity contribution in [3.8, 4) is 0 Å². The first-order chi connectivity index (χ1) is 8.81. The highest BCUT2D eigenvalue weighted by Gasteiger charge is 2.18. The van der Waals surface area contributed by atoms with Gasteiger partial charge in [0.25, 0.3) is 0 Å². The lowest BCUT2D eigenvalue weighted by molar-refractivity contribution is -0.552. The number of halogens is 1. The van der Waals surface area contributed by atoms with E-state index >= 15 is 0 Å². The number of nitrogens with one attached hydrogen (secondary N) is 1. The van der Waals surface area contributed by atoms with E-state index in [-0.39, 0.29) is 12.4 Å². The van der Waals surface area contributed by atoms with E-state index in [9.17, 15) is 0 Å². The molecule has 0 saturated heterocycles. The van der Waals surface area contributed by atoms with Crippen LogP contribution < -0.4 is 28.1 Å². The Hall–Kier alpha value is -1.98. The third kappa shape index (κ3) is 4.01. The molecule has 0 fully saturated rings. The maximum atomic E-state index is 5.40. The van der Waals surface area contributed by atoms with Crippen LogP contribution >= 0.6 is 12.2 Å². The Morgan fingerprint density at radius 1 is 1.05 bits per heavy atom. The van der Waals surface area contributed by atoms with Crippen LogP contribution in [-0.4, -0.2) is 10.8 Å². The molecule has 0 bridgehead atoms. The fraction of sp³-hybridized carbons (Fsp3) is 0. The molecule has 0 aliphatic heterocycles. The minimum Gasteiger partial charge on any atom is -1.00 e. The average molecular weight is 293 g/mol. The lowest BCUT2D eigenvalue weighted by Crippen LogP contribution is -3.00. The van der Waals surface area contributed by atoms with E-state index in [0.29, 0.717) is 10.8 Å². The van der Waals surface area contributed by atoms with E-state index in [2.05, 4.69) is 10.4 Å². The molecule has 0 aliphatic carbocycles. The molecule has 2 aromatic rings. The second kappa shape index (κ2) is 7.45. The first-order valence-corrected chi connectivity index (χ1v) is 5.83. The normalized spacial score (nSPS) is 10.4. The molecule has 6 heteroatoms. The van der Waals surface area contributed by atoms with Crippen LogP contribution in [0.4, 0.5) is 5.69 Å². The summed E-state index contributed by atoms with van der Waals surface area (Å²) >= 11 is 5.30. The van der Waals surface area contributed by atoms with Gasteiger partial charge in [-0.25, -0.2) is 5.84 Å². The number of hydrogen-bond acceptors (Lipinski definition) is 3. The smallest absolute Gasteiger partial charge is 0.386 e. The molecule has 0 saturated carbocycles. The molecule has 4 nitrogen and oxygen atoms in total. The van der Waals surface area contributed by atoms with Crippen molar-refractivity contribution in [3.05, 3.63) is 60.9 Å². The summed E-state index contributed by atoms with van der Waals surface area (Å²) in [6, 6.07) is 15.3. The quantitative estimate of drug-likeness (QED) is 0.169. The van der Waals surface area contributed by atoms with E-state index < -0.39 is 0 Å². The van der Waals surface area contributed by atoms with Gasteiger partial charge in [0.1, 0.15) is 0 Å². The first kappa shape index (κ1) is 15.1. The highest BCUT2D eigenvalue weighted by atomic mass is 35.5. The molecule has 1 heterocycles. The summed E-state index contributed by atoms with van der Waals surface area (Å²) in [5.41, 5.74) is 0.903. The molecule has 1 aromatic carbocycles. The predicted octanol–water partition coefficient (Wildman–Crippen LogP) is -1.46. The van der Waals surface area contributed by atoms with Crippen LogP contribution in [0.3, 0.4) is 0 Å². The van der Waals surface area contributed by atoms with Gasteiger partial charge in [-0.15, -0.1) is 0 Å². The van der Waals surface area contributed by atoms with Crippen molar-refractivity contribution in [2.24, 2.45) is 10.9 Å². The van der Waals surface area contributed by atoms with Gasteiger partial charge in [-0.1, -0.05) is 36.5 Å². The van der Waals surface area contributed by atoms with Crippen LogP contribution in [0.5, 0.6) is 0 Å². The number of rotatable bonds is 1. The lowest BCUT2D eigenvalue weighted by atomic mass is 10.3. The van der Waals surface area contributed by atoms with Crippen LogP contribution in [0.1, 0.15) is 0 Å². The Morgan fingerprint density at radius 3 is 2.21 bits per heavy atom. The molecular formula is C13H13ClN4S. The molecule has 0 spiro atoms. The molecule has 98 valence electrons. The number of thiocarbonyl (C=S) groups is 1. The third-order valence-corrected chi connectivity index (χ3v) is 2.60. The average Bonchev–Trinajstić information content (AvgIpc) is 2.42. The molecule has 0 aliphatic rings. The Balaban J connectivity index is 0.00000180. The molecule has 0 amide bonds. The summed E-state index contributed by atoms with van der Waals surface area (Å²) in [4.78, 5) is 0.472. The first-order valence-electron chi connectivity index (χ1n) is 5.42. The largest absolute Gasteiger partial charge is 1.00 e. The predicted molar refractivity (Wildman–Crippen MR) is 76.3 cm³/mol. The minimum atomic E-state index is 0. The van der Waals surface area contributed by atoms with E-state index in [1.807, 2.05) is 60.9 Å². The second-order valence-corrected chi connectivity index (χ2v) is 3.96. The van der Waals surface area contributed by atoms with Gasteiger partial charge in [-0.3, -0.25) is 0 Å². The second-order valence-electron chi connectivity index (χ2n) is 3.56. The summed E-state index contributed by atoms with van der Waals surface area (Å²) in [6.07, 6.45) is 3.68. The van der Waals surface area contributed by atoms with Crippen LogP contribution in [0.25, 0.3) is 0 Å². The van der Waals surface area contributed by atoms with Crippen LogP contribution in [0, 0.1) is 0 Å². The number of benzene rings is 1. The topological polar surface area (TPSA) is 54.3 Å². The fourth-order valence-electron chi connectivity index (χ4n) is 1.49. The zero-order valence-corrected chi connectivity index (χ0v) is 11.6. The number of aromatic nitrogens is 1. The maximum Gasteiger partial charge on any atom is 0.386 e. The van der Waals surface area contributed by atoms with Crippen molar-refractivity contribution in [1.29, 1.82) is 0 Å². The van der Waals surface area contributed by atoms with Crippen molar-refractivity contribution < 1.29 is 17.0 Å². The number of nitrogens with two attached hydrogens (primary N) is 1. The van der Waals surface area contributed by atoms with Crippen molar-refractivity contribution in [1.82, 2.24) is 0 Å². The number of anilines is 1. The monoisotopic (exact) mass is 292 g/mol. The molecule has 0 atom stereocenters. The van der Waals surface area contributed by atoms with Gasteiger partial charge >= 0.3 is 5.84 Å². The Kier molecular flexibility index (Phi) is 5.92.